The smallest absolute Gasteiger partial charge is 0.0468 e. The van der Waals surface area contributed by atoms with Crippen LogP contribution in [-0.4, -0.2) is 18.6 Å². The van der Waals surface area contributed by atoms with Crippen molar-refractivity contribution in [1.29, 1.82) is 0 Å². The molecule has 0 N–H and O–H groups in total. The van der Waals surface area contributed by atoms with Gasteiger partial charge >= 0.3 is 0 Å². The molecule has 1 saturated heterocycles. The van der Waals surface area contributed by atoms with Crippen LogP contribution in [0.4, 0.5) is 0 Å². The Hall–Kier alpha value is 0.250. The van der Waals surface area contributed by atoms with Gasteiger partial charge in [0.25, 0.3) is 0 Å². The summed E-state index contributed by atoms with van der Waals surface area (Å²) in [6.07, 6.45) is 7.47. The van der Waals surface area contributed by atoms with E-state index in [0.29, 0.717) is 5.38 Å². The van der Waals surface area contributed by atoms with Gasteiger partial charge < -0.3 is 4.74 Å². The Morgan fingerprint density at radius 3 is 2.69 bits per heavy atom. The number of ether oxygens (including phenoxy) is 1. The van der Waals surface area contributed by atoms with E-state index in [2.05, 4.69) is 6.92 Å². The molecule has 13 heavy (non-hydrogen) atoms. The van der Waals surface area contributed by atoms with Gasteiger partial charge in [-0.25, -0.2) is 0 Å². The van der Waals surface area contributed by atoms with E-state index in [1.54, 1.807) is 0 Å². The Bertz CT molecular complexity index is 121. The molecule has 1 rings (SSSR count). The highest BCUT2D eigenvalue weighted by atomic mass is 35.5. The molecule has 1 heterocycles. The summed E-state index contributed by atoms with van der Waals surface area (Å²) >= 11 is 6.06. The van der Waals surface area contributed by atoms with Crippen LogP contribution in [0.5, 0.6) is 0 Å². The van der Waals surface area contributed by atoms with E-state index in [0.717, 1.165) is 25.6 Å². The molecular formula is C11H21ClO. The van der Waals surface area contributed by atoms with Crippen molar-refractivity contribution in [2.24, 2.45) is 5.92 Å². The van der Waals surface area contributed by atoms with Crippen molar-refractivity contribution in [3.05, 3.63) is 0 Å². The van der Waals surface area contributed by atoms with Crippen molar-refractivity contribution in [3.63, 3.8) is 0 Å². The lowest BCUT2D eigenvalue weighted by molar-refractivity contribution is 0.0631. The summed E-state index contributed by atoms with van der Waals surface area (Å²) in [6.45, 7) is 4.11. The topological polar surface area (TPSA) is 9.23 Å². The summed E-state index contributed by atoms with van der Waals surface area (Å²) < 4.78 is 5.32. The standard InChI is InChI=1S/C11H21ClO/c1-2-11(12)5-3-4-10-6-8-13-9-7-10/h10-11H,2-9H2,1H3. The predicted octanol–water partition coefficient (Wildman–Crippen LogP) is 3.60. The highest BCUT2D eigenvalue weighted by Crippen LogP contribution is 2.22. The van der Waals surface area contributed by atoms with Crippen LogP contribution in [-0.2, 0) is 4.74 Å². The highest BCUT2D eigenvalue weighted by Gasteiger charge is 2.13. The van der Waals surface area contributed by atoms with Gasteiger partial charge in [0.15, 0.2) is 0 Å². The van der Waals surface area contributed by atoms with Gasteiger partial charge in [-0.3, -0.25) is 0 Å². The van der Waals surface area contributed by atoms with E-state index in [1.165, 1.54) is 32.1 Å². The van der Waals surface area contributed by atoms with E-state index in [9.17, 15) is 0 Å². The minimum atomic E-state index is 0.403. The number of hydrogen-bond acceptors (Lipinski definition) is 1. The summed E-state index contributed by atoms with van der Waals surface area (Å²) in [4.78, 5) is 0. The van der Waals surface area contributed by atoms with Gasteiger partial charge in [-0.05, 0) is 31.6 Å². The number of halogens is 1. The van der Waals surface area contributed by atoms with Crippen molar-refractivity contribution in [2.45, 2.75) is 50.8 Å². The fraction of sp³-hybridized carbons (Fsp3) is 1.00. The quantitative estimate of drug-likeness (QED) is 0.622. The molecule has 0 radical (unpaired) electrons. The summed E-state index contributed by atoms with van der Waals surface area (Å²) in [5.74, 6) is 0.912. The Morgan fingerprint density at radius 2 is 2.08 bits per heavy atom. The highest BCUT2D eigenvalue weighted by molar-refractivity contribution is 6.20. The van der Waals surface area contributed by atoms with Crippen molar-refractivity contribution in [1.82, 2.24) is 0 Å². The molecule has 0 aromatic carbocycles. The number of hydrogen-bond donors (Lipinski definition) is 0. The van der Waals surface area contributed by atoms with Crippen molar-refractivity contribution >= 4 is 11.6 Å². The maximum absolute atomic E-state index is 6.06. The monoisotopic (exact) mass is 204 g/mol. The molecule has 1 atom stereocenters. The minimum absolute atomic E-state index is 0.403. The Balaban J connectivity index is 1.98. The maximum atomic E-state index is 6.06. The van der Waals surface area contributed by atoms with Crippen molar-refractivity contribution < 1.29 is 4.74 Å². The van der Waals surface area contributed by atoms with Crippen LogP contribution < -0.4 is 0 Å². The lowest BCUT2D eigenvalue weighted by Gasteiger charge is -2.22. The third-order valence-electron chi connectivity index (χ3n) is 2.91. The van der Waals surface area contributed by atoms with E-state index in [4.69, 9.17) is 16.3 Å². The molecule has 78 valence electrons. The molecule has 1 nitrogen and oxygen atoms in total. The van der Waals surface area contributed by atoms with Crippen LogP contribution in [0.2, 0.25) is 0 Å². The fourth-order valence-corrected chi connectivity index (χ4v) is 2.02. The third kappa shape index (κ3) is 4.87. The molecule has 2 heteroatoms. The number of rotatable bonds is 5. The van der Waals surface area contributed by atoms with Gasteiger partial charge in [-0.2, -0.15) is 0 Å². The van der Waals surface area contributed by atoms with Gasteiger partial charge in [0, 0.05) is 18.6 Å². The normalized spacial score (nSPS) is 21.7. The first-order valence-corrected chi connectivity index (χ1v) is 5.98. The minimum Gasteiger partial charge on any atom is -0.381 e. The molecule has 0 spiro atoms. The zero-order valence-corrected chi connectivity index (χ0v) is 9.35. The molecule has 1 aliphatic heterocycles. The molecule has 1 aliphatic rings. The van der Waals surface area contributed by atoms with Crippen LogP contribution in [0.15, 0.2) is 0 Å². The summed E-state index contributed by atoms with van der Waals surface area (Å²) in [5, 5.41) is 0.403. The van der Waals surface area contributed by atoms with E-state index < -0.39 is 0 Å². The first-order valence-electron chi connectivity index (χ1n) is 5.54. The maximum Gasteiger partial charge on any atom is 0.0468 e. The second-order valence-electron chi connectivity index (χ2n) is 3.99. The van der Waals surface area contributed by atoms with Crippen LogP contribution in [0, 0.1) is 5.92 Å². The van der Waals surface area contributed by atoms with Gasteiger partial charge in [0.05, 0.1) is 0 Å². The second-order valence-corrected chi connectivity index (χ2v) is 4.61. The molecule has 0 aromatic rings. The van der Waals surface area contributed by atoms with Gasteiger partial charge in [0.1, 0.15) is 0 Å². The van der Waals surface area contributed by atoms with E-state index in [1.807, 2.05) is 0 Å². The molecule has 1 unspecified atom stereocenters. The average molecular weight is 205 g/mol. The van der Waals surface area contributed by atoms with Crippen LogP contribution in [0.1, 0.15) is 45.4 Å². The third-order valence-corrected chi connectivity index (χ3v) is 3.44. The van der Waals surface area contributed by atoms with E-state index >= 15 is 0 Å². The zero-order chi connectivity index (χ0) is 9.52. The first kappa shape index (κ1) is 11.3. The van der Waals surface area contributed by atoms with Crippen molar-refractivity contribution in [2.75, 3.05) is 13.2 Å². The van der Waals surface area contributed by atoms with Gasteiger partial charge in [-0.1, -0.05) is 19.8 Å². The predicted molar refractivity (Wildman–Crippen MR) is 57.3 cm³/mol. The van der Waals surface area contributed by atoms with E-state index in [-0.39, 0.29) is 0 Å². The average Bonchev–Trinajstić information content (AvgIpc) is 2.19. The van der Waals surface area contributed by atoms with Crippen molar-refractivity contribution in [3.8, 4) is 0 Å². The van der Waals surface area contributed by atoms with Gasteiger partial charge in [-0.15, -0.1) is 11.6 Å². The molecule has 0 saturated carbocycles. The second kappa shape index (κ2) is 6.67. The molecule has 0 amide bonds. The molecule has 0 aromatic heterocycles. The lowest BCUT2D eigenvalue weighted by Crippen LogP contribution is -2.15. The summed E-state index contributed by atoms with van der Waals surface area (Å²) in [7, 11) is 0. The Labute approximate surface area is 86.8 Å². The zero-order valence-electron chi connectivity index (χ0n) is 8.60. The number of alkyl halides is 1. The molecular weight excluding hydrogens is 184 g/mol. The van der Waals surface area contributed by atoms with Crippen LogP contribution in [0.3, 0.4) is 0 Å². The van der Waals surface area contributed by atoms with Crippen LogP contribution >= 0.6 is 11.6 Å². The van der Waals surface area contributed by atoms with Crippen LogP contribution in [0.25, 0.3) is 0 Å². The van der Waals surface area contributed by atoms with Gasteiger partial charge in [0.2, 0.25) is 0 Å². The fourth-order valence-electron chi connectivity index (χ4n) is 1.87. The molecule has 1 fully saturated rings. The Kier molecular flexibility index (Phi) is 5.81. The SMILES string of the molecule is CCC(Cl)CCCC1CCOCC1. The summed E-state index contributed by atoms with van der Waals surface area (Å²) in [5.41, 5.74) is 0. The summed E-state index contributed by atoms with van der Waals surface area (Å²) in [6, 6.07) is 0. The Morgan fingerprint density at radius 1 is 1.38 bits per heavy atom. The first-order chi connectivity index (χ1) is 6.33. The molecule has 0 aliphatic carbocycles. The molecule has 0 bridgehead atoms. The lowest BCUT2D eigenvalue weighted by atomic mass is 9.93. The largest absolute Gasteiger partial charge is 0.381 e.